The maximum Gasteiger partial charge on any atom is 0.158 e. The summed E-state index contributed by atoms with van der Waals surface area (Å²) in [5, 5.41) is 12.1. The molecule has 2 unspecified atom stereocenters. The molecule has 2 aliphatic rings. The van der Waals surface area contributed by atoms with Crippen LogP contribution in [0.25, 0.3) is 0 Å². The molecule has 31 heavy (non-hydrogen) atoms. The van der Waals surface area contributed by atoms with Crippen molar-refractivity contribution in [3.05, 3.63) is 41.9 Å². The molecule has 0 aliphatic carbocycles. The average Bonchev–Trinajstić information content (AvgIpc) is 3.28. The van der Waals surface area contributed by atoms with E-state index in [2.05, 4.69) is 44.0 Å². The third kappa shape index (κ3) is 5.22. The van der Waals surface area contributed by atoms with Crippen LogP contribution >= 0.6 is 0 Å². The molecule has 9 heteroatoms. The van der Waals surface area contributed by atoms with E-state index in [1.54, 1.807) is 13.3 Å². The van der Waals surface area contributed by atoms with Crippen molar-refractivity contribution in [2.24, 2.45) is 0 Å². The highest BCUT2D eigenvalue weighted by Gasteiger charge is 2.28. The highest BCUT2D eigenvalue weighted by Crippen LogP contribution is 2.34. The van der Waals surface area contributed by atoms with Gasteiger partial charge in [0.15, 0.2) is 5.69 Å². The average molecular weight is 424 g/mol. The normalized spacial score (nSPS) is 22.1. The molecule has 4 rings (SSSR count). The first-order valence-corrected chi connectivity index (χ1v) is 10.7. The van der Waals surface area contributed by atoms with E-state index in [-0.39, 0.29) is 18.3 Å². The van der Waals surface area contributed by atoms with Crippen molar-refractivity contribution in [3.63, 3.8) is 0 Å². The summed E-state index contributed by atoms with van der Waals surface area (Å²) >= 11 is 0. The van der Waals surface area contributed by atoms with Gasteiger partial charge < -0.3 is 19.7 Å². The van der Waals surface area contributed by atoms with Gasteiger partial charge in [-0.25, -0.2) is 20.8 Å². The second-order valence-electron chi connectivity index (χ2n) is 7.83. The molecule has 2 saturated heterocycles. The Morgan fingerprint density at radius 2 is 2.06 bits per heavy atom. The third-order valence-electron chi connectivity index (χ3n) is 5.86. The van der Waals surface area contributed by atoms with Gasteiger partial charge in [0.05, 0.1) is 31.7 Å². The van der Waals surface area contributed by atoms with E-state index in [0.717, 1.165) is 56.0 Å². The van der Waals surface area contributed by atoms with Crippen molar-refractivity contribution >= 4 is 5.82 Å². The molecule has 3 N–H and O–H groups in total. The summed E-state index contributed by atoms with van der Waals surface area (Å²) < 4.78 is 11.9. The number of hydrazine groups is 1. The number of piperidine rings is 1. The Hall–Kier alpha value is -2.93. The Kier molecular flexibility index (Phi) is 6.82. The van der Waals surface area contributed by atoms with Crippen LogP contribution in [0.4, 0.5) is 5.82 Å². The van der Waals surface area contributed by atoms with Crippen molar-refractivity contribution < 1.29 is 9.47 Å². The van der Waals surface area contributed by atoms with Gasteiger partial charge in [-0.15, -0.1) is 0 Å². The fraction of sp³-hybridized carbons (Fsp3) is 0.500. The van der Waals surface area contributed by atoms with E-state index in [4.69, 9.17) is 14.7 Å². The lowest BCUT2D eigenvalue weighted by atomic mass is 10.0. The molecule has 0 radical (unpaired) electrons. The summed E-state index contributed by atoms with van der Waals surface area (Å²) in [7, 11) is 1.69. The molecule has 2 atom stereocenters. The Morgan fingerprint density at radius 3 is 2.74 bits per heavy atom. The number of likely N-dealkylation sites (tertiary alicyclic amines) is 1. The highest BCUT2D eigenvalue weighted by molar-refractivity contribution is 5.43. The lowest BCUT2D eigenvalue weighted by Crippen LogP contribution is -2.38. The molecule has 3 heterocycles. The van der Waals surface area contributed by atoms with E-state index >= 15 is 0 Å². The molecule has 2 aliphatic heterocycles. The molecule has 0 amide bonds. The summed E-state index contributed by atoms with van der Waals surface area (Å²) in [5.74, 6) is 2.27. The van der Waals surface area contributed by atoms with Crippen LogP contribution < -0.4 is 25.6 Å². The molecular formula is C22H29N7O2. The maximum absolute atomic E-state index is 8.84. The van der Waals surface area contributed by atoms with Crippen molar-refractivity contribution in [2.45, 2.75) is 44.5 Å². The second-order valence-corrected chi connectivity index (χ2v) is 7.83. The topological polar surface area (TPSA) is 107 Å². The van der Waals surface area contributed by atoms with Gasteiger partial charge in [0.25, 0.3) is 0 Å². The number of methoxy groups -OCH3 is 1. The number of hydrogen-bond acceptors (Lipinski definition) is 9. The largest absolute Gasteiger partial charge is 0.496 e. The number of ether oxygens (including phenoxy) is 2. The smallest absolute Gasteiger partial charge is 0.158 e. The van der Waals surface area contributed by atoms with Crippen molar-refractivity contribution in [1.29, 1.82) is 5.26 Å². The number of nitrogens with one attached hydrogen (secondary N) is 3. The maximum atomic E-state index is 8.84. The first-order valence-electron chi connectivity index (χ1n) is 10.7. The van der Waals surface area contributed by atoms with Crippen LogP contribution in [0, 0.1) is 11.3 Å². The molecule has 0 spiro atoms. The zero-order chi connectivity index (χ0) is 21.6. The SMILES string of the molecule is CCN1CCC(Oc2ccc(C3CC(Nc4cnc(C#N)cn4)NN3)c(OC)c2)CC1. The van der Waals surface area contributed by atoms with Gasteiger partial charge in [0.1, 0.15) is 29.5 Å². The van der Waals surface area contributed by atoms with Crippen LogP contribution in [0.3, 0.4) is 0 Å². The van der Waals surface area contributed by atoms with E-state index in [0.29, 0.717) is 11.5 Å². The van der Waals surface area contributed by atoms with E-state index in [9.17, 15) is 0 Å². The molecule has 9 nitrogen and oxygen atoms in total. The lowest BCUT2D eigenvalue weighted by molar-refractivity contribution is 0.103. The minimum absolute atomic E-state index is 0.0309. The Bertz CT molecular complexity index is 907. The number of anilines is 1. The van der Waals surface area contributed by atoms with Gasteiger partial charge in [0, 0.05) is 31.1 Å². The number of hydrogen-bond donors (Lipinski definition) is 3. The zero-order valence-electron chi connectivity index (χ0n) is 18.0. The molecule has 2 fully saturated rings. The minimum Gasteiger partial charge on any atom is -0.496 e. The predicted molar refractivity (Wildman–Crippen MR) is 117 cm³/mol. The van der Waals surface area contributed by atoms with Gasteiger partial charge in [-0.05, 0) is 25.5 Å². The number of nitrogens with zero attached hydrogens (tertiary/aromatic N) is 4. The number of nitriles is 1. The van der Waals surface area contributed by atoms with Crippen LogP contribution in [0.2, 0.25) is 0 Å². The fourth-order valence-corrected chi connectivity index (χ4v) is 4.08. The first kappa shape index (κ1) is 21.3. The highest BCUT2D eigenvalue weighted by atomic mass is 16.5. The molecule has 0 saturated carbocycles. The summed E-state index contributed by atoms with van der Waals surface area (Å²) in [4.78, 5) is 10.7. The van der Waals surface area contributed by atoms with Crippen LogP contribution in [-0.4, -0.2) is 53.9 Å². The van der Waals surface area contributed by atoms with Crippen molar-refractivity contribution in [3.8, 4) is 17.6 Å². The Labute approximate surface area is 182 Å². The van der Waals surface area contributed by atoms with Crippen molar-refractivity contribution in [1.82, 2.24) is 25.7 Å². The molecule has 2 aromatic rings. The molecular weight excluding hydrogens is 394 g/mol. The second kappa shape index (κ2) is 9.92. The zero-order valence-corrected chi connectivity index (χ0v) is 18.0. The minimum atomic E-state index is -0.0309. The summed E-state index contributed by atoms with van der Waals surface area (Å²) in [6.45, 7) is 5.48. The van der Waals surface area contributed by atoms with Gasteiger partial charge in [-0.3, -0.25) is 0 Å². The molecule has 1 aromatic carbocycles. The van der Waals surface area contributed by atoms with Gasteiger partial charge in [-0.2, -0.15) is 5.26 Å². The summed E-state index contributed by atoms with van der Waals surface area (Å²) in [5.41, 5.74) is 7.91. The quantitative estimate of drug-likeness (QED) is 0.618. The number of rotatable bonds is 7. The van der Waals surface area contributed by atoms with Crippen LogP contribution in [0.1, 0.15) is 43.5 Å². The molecule has 164 valence electrons. The lowest BCUT2D eigenvalue weighted by Gasteiger charge is -2.31. The Balaban J connectivity index is 1.36. The first-order chi connectivity index (χ1) is 15.2. The predicted octanol–water partition coefficient (Wildman–Crippen LogP) is 2.20. The van der Waals surface area contributed by atoms with Gasteiger partial charge >= 0.3 is 0 Å². The standard InChI is InChI=1S/C22H29N7O2/c1-3-29-8-6-16(7-9-29)31-17-4-5-18(20(10-17)30-2)19-11-21(28-27-19)26-22-14-24-15(12-23)13-25-22/h4-5,10,13-14,16,19,21,27-28H,3,6-9,11H2,1-2H3,(H,25,26). The third-order valence-corrected chi connectivity index (χ3v) is 5.86. The molecule has 1 aromatic heterocycles. The van der Waals surface area contributed by atoms with Crippen LogP contribution in [0.15, 0.2) is 30.6 Å². The van der Waals surface area contributed by atoms with Crippen LogP contribution in [0.5, 0.6) is 11.5 Å². The van der Waals surface area contributed by atoms with Gasteiger partial charge in [0.2, 0.25) is 0 Å². The van der Waals surface area contributed by atoms with Gasteiger partial charge in [-0.1, -0.05) is 13.0 Å². The number of aromatic nitrogens is 2. The van der Waals surface area contributed by atoms with E-state index < -0.39 is 0 Å². The Morgan fingerprint density at radius 1 is 1.23 bits per heavy atom. The fourth-order valence-electron chi connectivity index (χ4n) is 4.08. The van der Waals surface area contributed by atoms with Crippen LogP contribution in [-0.2, 0) is 0 Å². The van der Waals surface area contributed by atoms with Crippen molar-refractivity contribution in [2.75, 3.05) is 32.1 Å². The molecule has 0 bridgehead atoms. The summed E-state index contributed by atoms with van der Waals surface area (Å²) in [6.07, 6.45) is 6.13. The summed E-state index contributed by atoms with van der Waals surface area (Å²) in [6, 6.07) is 8.11. The number of benzene rings is 1. The van der Waals surface area contributed by atoms with E-state index in [1.807, 2.05) is 18.2 Å². The van der Waals surface area contributed by atoms with E-state index in [1.165, 1.54) is 6.20 Å². The monoisotopic (exact) mass is 423 g/mol.